The van der Waals surface area contributed by atoms with Gasteiger partial charge in [0.25, 0.3) is 11.8 Å². The lowest BCUT2D eigenvalue weighted by Gasteiger charge is -2.18. The summed E-state index contributed by atoms with van der Waals surface area (Å²) in [5.41, 5.74) is 8.72. The second kappa shape index (κ2) is 14.1. The molecule has 0 radical (unpaired) electrons. The SMILES string of the molecule is CC(C)Oc1cc(C(=O)O)ccc1NC(=O)c1ccc(NC(=O)c2ccc(N)c(OCc3ccccc3)c2)c(OC(C)C)c1. The van der Waals surface area contributed by atoms with Crippen LogP contribution in [0.15, 0.2) is 84.9 Å². The van der Waals surface area contributed by atoms with Gasteiger partial charge in [0.15, 0.2) is 0 Å². The first-order chi connectivity index (χ1) is 21.0. The Morgan fingerprint density at radius 3 is 1.68 bits per heavy atom. The molecule has 10 nitrogen and oxygen atoms in total. The van der Waals surface area contributed by atoms with Crippen molar-refractivity contribution in [2.75, 3.05) is 16.4 Å². The van der Waals surface area contributed by atoms with Gasteiger partial charge in [-0.1, -0.05) is 30.3 Å². The Bertz CT molecular complexity index is 1650. The molecule has 228 valence electrons. The van der Waals surface area contributed by atoms with E-state index in [-0.39, 0.29) is 34.8 Å². The second-order valence-electron chi connectivity index (χ2n) is 10.5. The number of ether oxygens (including phenoxy) is 3. The van der Waals surface area contributed by atoms with Gasteiger partial charge >= 0.3 is 5.97 Å². The van der Waals surface area contributed by atoms with Crippen LogP contribution in [0.5, 0.6) is 17.2 Å². The molecule has 0 aromatic heterocycles. The third-order valence-electron chi connectivity index (χ3n) is 6.21. The van der Waals surface area contributed by atoms with Gasteiger partial charge in [-0.2, -0.15) is 0 Å². The molecule has 0 aliphatic heterocycles. The van der Waals surface area contributed by atoms with Crippen molar-refractivity contribution in [2.24, 2.45) is 0 Å². The second-order valence-corrected chi connectivity index (χ2v) is 10.5. The lowest BCUT2D eigenvalue weighted by atomic mass is 10.1. The van der Waals surface area contributed by atoms with Gasteiger partial charge in [0, 0.05) is 11.1 Å². The number of aromatic carboxylic acids is 1. The summed E-state index contributed by atoms with van der Waals surface area (Å²) in [6.07, 6.45) is -0.510. The molecule has 0 spiro atoms. The third-order valence-corrected chi connectivity index (χ3v) is 6.21. The average molecular weight is 598 g/mol. The Kier molecular flexibility index (Phi) is 10.1. The summed E-state index contributed by atoms with van der Waals surface area (Å²) in [6, 6.07) is 23.2. The molecule has 10 heteroatoms. The quantitative estimate of drug-likeness (QED) is 0.133. The van der Waals surface area contributed by atoms with E-state index >= 15 is 0 Å². The number of carbonyl (C=O) groups is 3. The standard InChI is InChI=1S/C34H35N3O7/c1-20(2)43-30-17-24(33(39)37-28-15-12-25(34(40)41)18-31(28)44-21(3)4)11-14-27(30)36-32(38)23-10-13-26(35)29(16-23)42-19-22-8-6-5-7-9-22/h5-18,20-21H,19,35H2,1-4H3,(H,36,38)(H,37,39)(H,40,41). The van der Waals surface area contributed by atoms with Crippen LogP contribution >= 0.6 is 0 Å². The van der Waals surface area contributed by atoms with Crippen molar-refractivity contribution >= 4 is 34.8 Å². The van der Waals surface area contributed by atoms with Crippen LogP contribution in [0.1, 0.15) is 64.3 Å². The molecule has 0 fully saturated rings. The topological polar surface area (TPSA) is 149 Å². The summed E-state index contributed by atoms with van der Waals surface area (Å²) >= 11 is 0. The summed E-state index contributed by atoms with van der Waals surface area (Å²) in [5.74, 6) is -1.12. The number of carboxylic acid groups (broad SMARTS) is 1. The maximum Gasteiger partial charge on any atom is 0.335 e. The van der Waals surface area contributed by atoms with Gasteiger partial charge in [-0.25, -0.2) is 4.79 Å². The molecule has 0 atom stereocenters. The highest BCUT2D eigenvalue weighted by Gasteiger charge is 2.18. The first kappa shape index (κ1) is 31.4. The number of carbonyl (C=O) groups excluding carboxylic acids is 2. The van der Waals surface area contributed by atoms with E-state index in [1.165, 1.54) is 24.3 Å². The number of amides is 2. The Hall–Kier alpha value is -5.51. The molecule has 0 unspecified atom stereocenters. The van der Waals surface area contributed by atoms with Crippen LogP contribution < -0.4 is 30.6 Å². The molecule has 0 aliphatic carbocycles. The molecule has 4 aromatic rings. The Balaban J connectivity index is 1.54. The van der Waals surface area contributed by atoms with E-state index in [1.807, 2.05) is 44.2 Å². The van der Waals surface area contributed by atoms with Crippen molar-refractivity contribution in [3.05, 3.63) is 107 Å². The first-order valence-corrected chi connectivity index (χ1v) is 14.0. The number of rotatable bonds is 12. The van der Waals surface area contributed by atoms with E-state index < -0.39 is 17.8 Å². The normalized spacial score (nSPS) is 10.8. The molecule has 0 saturated heterocycles. The summed E-state index contributed by atoms with van der Waals surface area (Å²) < 4.78 is 17.5. The summed E-state index contributed by atoms with van der Waals surface area (Å²) in [5, 5.41) is 15.0. The maximum absolute atomic E-state index is 13.3. The van der Waals surface area contributed by atoms with Gasteiger partial charge in [-0.15, -0.1) is 0 Å². The summed E-state index contributed by atoms with van der Waals surface area (Å²) in [6.45, 7) is 7.54. The van der Waals surface area contributed by atoms with Gasteiger partial charge in [-0.3, -0.25) is 9.59 Å². The van der Waals surface area contributed by atoms with E-state index in [4.69, 9.17) is 19.9 Å². The van der Waals surface area contributed by atoms with Crippen LogP contribution in [0, 0.1) is 0 Å². The highest BCUT2D eigenvalue weighted by molar-refractivity contribution is 6.08. The van der Waals surface area contributed by atoms with Crippen LogP contribution in [0.25, 0.3) is 0 Å². The zero-order valence-corrected chi connectivity index (χ0v) is 24.9. The Labute approximate surface area is 255 Å². The Morgan fingerprint density at radius 1 is 0.682 bits per heavy atom. The van der Waals surface area contributed by atoms with Crippen molar-refractivity contribution in [1.82, 2.24) is 0 Å². The minimum absolute atomic E-state index is 0.0299. The van der Waals surface area contributed by atoms with Crippen LogP contribution in [0.4, 0.5) is 17.1 Å². The lowest BCUT2D eigenvalue weighted by molar-refractivity contribution is 0.0695. The summed E-state index contributed by atoms with van der Waals surface area (Å²) in [7, 11) is 0. The zero-order chi connectivity index (χ0) is 31.8. The number of nitrogens with two attached hydrogens (primary N) is 1. The molecular weight excluding hydrogens is 562 g/mol. The highest BCUT2D eigenvalue weighted by atomic mass is 16.5. The van der Waals surface area contributed by atoms with Crippen LogP contribution in [0.2, 0.25) is 0 Å². The molecule has 2 amide bonds. The van der Waals surface area contributed by atoms with E-state index in [1.54, 1.807) is 44.2 Å². The van der Waals surface area contributed by atoms with Crippen LogP contribution in [0.3, 0.4) is 0 Å². The van der Waals surface area contributed by atoms with Crippen LogP contribution in [-0.4, -0.2) is 35.1 Å². The van der Waals surface area contributed by atoms with Crippen molar-refractivity contribution in [1.29, 1.82) is 0 Å². The molecule has 0 bridgehead atoms. The molecule has 5 N–H and O–H groups in total. The van der Waals surface area contributed by atoms with Crippen molar-refractivity contribution < 1.29 is 33.7 Å². The largest absolute Gasteiger partial charge is 0.489 e. The average Bonchev–Trinajstić information content (AvgIpc) is 2.98. The molecule has 44 heavy (non-hydrogen) atoms. The van der Waals surface area contributed by atoms with E-state index in [0.29, 0.717) is 35.0 Å². The molecule has 4 rings (SSSR count). The molecular formula is C34H35N3O7. The number of nitrogens with one attached hydrogen (secondary N) is 2. The van der Waals surface area contributed by atoms with Gasteiger partial charge in [0.1, 0.15) is 23.9 Å². The monoisotopic (exact) mass is 597 g/mol. The smallest absolute Gasteiger partial charge is 0.335 e. The van der Waals surface area contributed by atoms with Crippen molar-refractivity contribution in [3.63, 3.8) is 0 Å². The van der Waals surface area contributed by atoms with Gasteiger partial charge in [0.2, 0.25) is 0 Å². The third kappa shape index (κ3) is 8.28. The first-order valence-electron chi connectivity index (χ1n) is 14.0. The fourth-order valence-corrected chi connectivity index (χ4v) is 4.15. The number of hydrogen-bond acceptors (Lipinski definition) is 7. The Morgan fingerprint density at radius 2 is 1.16 bits per heavy atom. The van der Waals surface area contributed by atoms with Gasteiger partial charge in [-0.05, 0) is 87.9 Å². The molecule has 0 saturated carbocycles. The van der Waals surface area contributed by atoms with Gasteiger partial charge < -0.3 is 35.7 Å². The fourth-order valence-electron chi connectivity index (χ4n) is 4.15. The fraction of sp³-hybridized carbons (Fsp3) is 0.206. The minimum atomic E-state index is -1.11. The van der Waals surface area contributed by atoms with Crippen LogP contribution in [-0.2, 0) is 6.61 Å². The van der Waals surface area contributed by atoms with Gasteiger partial charge in [0.05, 0.1) is 34.8 Å². The minimum Gasteiger partial charge on any atom is -0.489 e. The van der Waals surface area contributed by atoms with Crippen molar-refractivity contribution in [3.8, 4) is 17.2 Å². The number of carboxylic acids is 1. The van der Waals surface area contributed by atoms with E-state index in [9.17, 15) is 19.5 Å². The number of anilines is 3. The van der Waals surface area contributed by atoms with Crippen molar-refractivity contribution in [2.45, 2.75) is 46.5 Å². The number of benzene rings is 4. The zero-order valence-electron chi connectivity index (χ0n) is 24.9. The number of hydrogen-bond donors (Lipinski definition) is 4. The highest BCUT2D eigenvalue weighted by Crippen LogP contribution is 2.31. The maximum atomic E-state index is 13.3. The van der Waals surface area contributed by atoms with E-state index in [0.717, 1.165) is 5.56 Å². The molecule has 4 aromatic carbocycles. The van der Waals surface area contributed by atoms with E-state index in [2.05, 4.69) is 10.6 Å². The lowest BCUT2D eigenvalue weighted by Crippen LogP contribution is -2.17. The number of nitrogen functional groups attached to an aromatic ring is 1. The summed E-state index contributed by atoms with van der Waals surface area (Å²) in [4.78, 5) is 37.9. The predicted octanol–water partition coefficient (Wildman–Crippen LogP) is 6.63. The predicted molar refractivity (Wildman–Crippen MR) is 169 cm³/mol. The molecule has 0 heterocycles. The molecule has 0 aliphatic rings.